The third-order valence-electron chi connectivity index (χ3n) is 6.28. The number of hydrogen-bond acceptors (Lipinski definition) is 3. The van der Waals surface area contributed by atoms with Gasteiger partial charge in [0.05, 0.1) is 18.0 Å². The number of ether oxygens (including phenoxy) is 1. The largest absolute Gasteiger partial charge is 0.480 e. The van der Waals surface area contributed by atoms with Crippen molar-refractivity contribution in [2.45, 2.75) is 39.2 Å². The van der Waals surface area contributed by atoms with Gasteiger partial charge in [0, 0.05) is 22.7 Å². The highest BCUT2D eigenvalue weighted by molar-refractivity contribution is 6.30. The van der Waals surface area contributed by atoms with Gasteiger partial charge in [0.2, 0.25) is 0 Å². The summed E-state index contributed by atoms with van der Waals surface area (Å²) >= 11 is 6.13. The third kappa shape index (κ3) is 5.40. The van der Waals surface area contributed by atoms with Crippen molar-refractivity contribution in [1.29, 1.82) is 0 Å². The predicted molar refractivity (Wildman–Crippen MR) is 127 cm³/mol. The topological polar surface area (TPSA) is 64.4 Å². The van der Waals surface area contributed by atoms with Gasteiger partial charge in [-0.25, -0.2) is 4.79 Å². The highest BCUT2D eigenvalue weighted by Crippen LogP contribution is 2.37. The number of halogens is 1. The summed E-state index contributed by atoms with van der Waals surface area (Å²) in [6.07, 6.45) is 4.33. The maximum Gasteiger partial charge on any atom is 0.329 e. The Kier molecular flexibility index (Phi) is 7.28. The van der Waals surface area contributed by atoms with E-state index in [9.17, 15) is 4.79 Å². The summed E-state index contributed by atoms with van der Waals surface area (Å²) < 4.78 is 7.50. The van der Waals surface area contributed by atoms with Crippen molar-refractivity contribution in [1.82, 2.24) is 9.78 Å². The van der Waals surface area contributed by atoms with Crippen molar-refractivity contribution >= 4 is 17.6 Å². The quantitative estimate of drug-likeness (QED) is 0.449. The Hall–Kier alpha value is -2.63. The first-order valence-electron chi connectivity index (χ1n) is 11.2. The molecule has 1 aliphatic rings. The Morgan fingerprint density at radius 2 is 1.69 bits per heavy atom. The maximum absolute atomic E-state index is 10.7. The van der Waals surface area contributed by atoms with Crippen LogP contribution in [0.3, 0.4) is 0 Å². The zero-order valence-electron chi connectivity index (χ0n) is 18.3. The molecule has 32 heavy (non-hydrogen) atoms. The van der Waals surface area contributed by atoms with Crippen LogP contribution >= 0.6 is 11.6 Å². The molecule has 1 aliphatic carbocycles. The zero-order valence-corrected chi connectivity index (χ0v) is 19.1. The van der Waals surface area contributed by atoms with Crippen molar-refractivity contribution in [3.05, 3.63) is 65.3 Å². The molecular formula is C26H29ClN2O3. The van der Waals surface area contributed by atoms with Gasteiger partial charge in [-0.1, -0.05) is 54.1 Å². The van der Waals surface area contributed by atoms with Crippen LogP contribution < -0.4 is 0 Å². The van der Waals surface area contributed by atoms with Crippen molar-refractivity contribution in [2.24, 2.45) is 11.8 Å². The molecule has 1 saturated carbocycles. The Labute approximate surface area is 194 Å². The smallest absolute Gasteiger partial charge is 0.329 e. The molecule has 2 aromatic carbocycles. The predicted octanol–water partition coefficient (Wildman–Crippen LogP) is 6.09. The fourth-order valence-electron chi connectivity index (χ4n) is 4.70. The van der Waals surface area contributed by atoms with E-state index < -0.39 is 5.97 Å². The van der Waals surface area contributed by atoms with Crippen molar-refractivity contribution < 1.29 is 14.6 Å². The lowest BCUT2D eigenvalue weighted by Gasteiger charge is -2.28. The summed E-state index contributed by atoms with van der Waals surface area (Å²) in [5.74, 6) is 0.0893. The molecule has 1 heterocycles. The van der Waals surface area contributed by atoms with Crippen LogP contribution in [0.4, 0.5) is 0 Å². The van der Waals surface area contributed by atoms with E-state index in [1.807, 2.05) is 18.2 Å². The normalized spacial score (nSPS) is 18.6. The first-order valence-corrected chi connectivity index (χ1v) is 11.6. The van der Waals surface area contributed by atoms with Gasteiger partial charge in [-0.3, -0.25) is 4.68 Å². The molecule has 0 spiro atoms. The van der Waals surface area contributed by atoms with Gasteiger partial charge in [-0.2, -0.15) is 5.10 Å². The van der Waals surface area contributed by atoms with E-state index in [0.29, 0.717) is 18.4 Å². The maximum atomic E-state index is 10.7. The van der Waals surface area contributed by atoms with Gasteiger partial charge >= 0.3 is 5.97 Å². The second-order valence-electron chi connectivity index (χ2n) is 8.66. The molecule has 6 heteroatoms. The fourth-order valence-corrected chi connectivity index (χ4v) is 4.83. The number of carboxylic acids is 1. The lowest BCUT2D eigenvalue weighted by molar-refractivity contribution is -0.142. The van der Waals surface area contributed by atoms with Crippen LogP contribution in [0.15, 0.2) is 54.6 Å². The minimum Gasteiger partial charge on any atom is -0.480 e. The number of aryl methyl sites for hydroxylation is 1. The Bertz CT molecular complexity index is 1040. The second-order valence-corrected chi connectivity index (χ2v) is 9.10. The van der Waals surface area contributed by atoms with Crippen molar-refractivity contribution in [3.8, 4) is 22.4 Å². The van der Waals surface area contributed by atoms with Crippen LogP contribution in [0.1, 0.15) is 31.4 Å². The van der Waals surface area contributed by atoms with Crippen LogP contribution in [0.2, 0.25) is 5.02 Å². The number of carbonyl (C=O) groups is 1. The summed E-state index contributed by atoms with van der Waals surface area (Å²) in [5.41, 5.74) is 5.60. The van der Waals surface area contributed by atoms with Gasteiger partial charge in [0.25, 0.3) is 0 Å². The highest BCUT2D eigenvalue weighted by Gasteiger charge is 2.25. The molecule has 0 radical (unpaired) electrons. The SMILES string of the molecule is Cc1nn(CC2CCC(COCC(=O)O)CC2)c(-c2ccccc2)c1-c1ccc(Cl)cc1. The zero-order chi connectivity index (χ0) is 22.5. The van der Waals surface area contributed by atoms with Crippen LogP contribution in [-0.4, -0.2) is 34.1 Å². The summed E-state index contributed by atoms with van der Waals surface area (Å²) in [5, 5.41) is 14.4. The molecule has 3 aromatic rings. The summed E-state index contributed by atoms with van der Waals surface area (Å²) in [6, 6.07) is 18.4. The Morgan fingerprint density at radius 3 is 2.34 bits per heavy atom. The molecule has 0 unspecified atom stereocenters. The molecule has 0 aliphatic heterocycles. The molecule has 0 amide bonds. The first-order chi connectivity index (χ1) is 15.5. The molecule has 0 bridgehead atoms. The molecule has 4 rings (SSSR count). The molecule has 0 saturated heterocycles. The summed E-state index contributed by atoms with van der Waals surface area (Å²) in [6.45, 7) is 3.28. The van der Waals surface area contributed by atoms with E-state index in [4.69, 9.17) is 26.5 Å². The lowest BCUT2D eigenvalue weighted by Crippen LogP contribution is -2.23. The monoisotopic (exact) mass is 452 g/mol. The first kappa shape index (κ1) is 22.6. The average Bonchev–Trinajstić information content (AvgIpc) is 3.11. The summed E-state index contributed by atoms with van der Waals surface area (Å²) in [7, 11) is 0. The molecule has 1 aromatic heterocycles. The molecular weight excluding hydrogens is 424 g/mol. The molecule has 168 valence electrons. The Morgan fingerprint density at radius 1 is 1.03 bits per heavy atom. The Balaban J connectivity index is 1.54. The van der Waals surface area contributed by atoms with Gasteiger partial charge in [-0.05, 0) is 62.1 Å². The summed E-state index contributed by atoms with van der Waals surface area (Å²) in [4.78, 5) is 10.7. The van der Waals surface area contributed by atoms with Crippen LogP contribution in [0.5, 0.6) is 0 Å². The van der Waals surface area contributed by atoms with Gasteiger partial charge in [0.1, 0.15) is 6.61 Å². The number of aliphatic carboxylic acids is 1. The number of carboxylic acid groups (broad SMARTS) is 1. The van der Waals surface area contributed by atoms with Gasteiger partial charge in [-0.15, -0.1) is 0 Å². The highest BCUT2D eigenvalue weighted by atomic mass is 35.5. The standard InChI is InChI=1S/C26H29ClN2O3/c1-18-25(21-11-13-23(27)14-12-21)26(22-5-3-2-4-6-22)29(28-18)15-19-7-9-20(10-8-19)16-32-17-24(30)31/h2-6,11-14,19-20H,7-10,15-17H2,1H3,(H,30,31). The third-order valence-corrected chi connectivity index (χ3v) is 6.54. The molecule has 1 fully saturated rings. The van der Waals surface area contributed by atoms with E-state index in [1.54, 1.807) is 0 Å². The fraction of sp³-hybridized carbons (Fsp3) is 0.385. The number of benzene rings is 2. The lowest BCUT2D eigenvalue weighted by atomic mass is 9.82. The minimum atomic E-state index is -0.905. The average molecular weight is 453 g/mol. The van der Waals surface area contributed by atoms with Gasteiger partial charge < -0.3 is 9.84 Å². The molecule has 1 N–H and O–H groups in total. The van der Waals surface area contributed by atoms with Crippen LogP contribution in [0, 0.1) is 18.8 Å². The second kappa shape index (κ2) is 10.3. The number of aromatic nitrogens is 2. The van der Waals surface area contributed by atoms with Crippen LogP contribution in [-0.2, 0) is 16.1 Å². The molecule has 0 atom stereocenters. The van der Waals surface area contributed by atoms with E-state index >= 15 is 0 Å². The van der Waals surface area contributed by atoms with E-state index in [2.05, 4.69) is 48.0 Å². The number of nitrogens with zero attached hydrogens (tertiary/aromatic N) is 2. The minimum absolute atomic E-state index is 0.208. The van der Waals surface area contributed by atoms with Crippen molar-refractivity contribution in [2.75, 3.05) is 13.2 Å². The number of rotatable bonds is 8. The van der Waals surface area contributed by atoms with E-state index in [-0.39, 0.29) is 6.61 Å². The molecule has 5 nitrogen and oxygen atoms in total. The van der Waals surface area contributed by atoms with Gasteiger partial charge in [0.15, 0.2) is 0 Å². The van der Waals surface area contributed by atoms with E-state index in [1.165, 1.54) is 0 Å². The van der Waals surface area contributed by atoms with E-state index in [0.717, 1.165) is 65.3 Å². The number of hydrogen-bond donors (Lipinski definition) is 1. The van der Waals surface area contributed by atoms with Crippen LogP contribution in [0.25, 0.3) is 22.4 Å². The van der Waals surface area contributed by atoms with Crippen molar-refractivity contribution in [3.63, 3.8) is 0 Å².